The van der Waals surface area contributed by atoms with Crippen molar-refractivity contribution >= 4 is 32.6 Å². The second kappa shape index (κ2) is 11.2. The van der Waals surface area contributed by atoms with Crippen molar-refractivity contribution in [3.63, 3.8) is 0 Å². The van der Waals surface area contributed by atoms with E-state index in [1.54, 1.807) is 24.3 Å². The molecule has 0 saturated heterocycles. The molecule has 35 heavy (non-hydrogen) atoms. The quantitative estimate of drug-likeness (QED) is 0.348. The van der Waals surface area contributed by atoms with Gasteiger partial charge in [0.05, 0.1) is 15.5 Å². The topological polar surface area (TPSA) is 73.3 Å². The van der Waals surface area contributed by atoms with Crippen LogP contribution >= 0.6 is 11.3 Å². The number of likely N-dealkylation sites (N-methyl/N-ethyl adjacent to an activating group) is 1. The lowest BCUT2D eigenvalue weighted by Crippen LogP contribution is -2.29. The molecule has 3 rings (SSSR count). The van der Waals surface area contributed by atoms with Gasteiger partial charge in [-0.15, -0.1) is 11.3 Å². The van der Waals surface area contributed by atoms with E-state index in [0.717, 1.165) is 17.9 Å². The number of hydrogen-bond donors (Lipinski definition) is 2. The lowest BCUT2D eigenvalue weighted by atomic mass is 10.2. The van der Waals surface area contributed by atoms with Crippen LogP contribution in [-0.4, -0.2) is 51.6 Å². The van der Waals surface area contributed by atoms with E-state index in [1.165, 1.54) is 23.5 Å². The Bertz CT molecular complexity index is 1300. The largest absolute Gasteiger partial charge is 0.432 e. The summed E-state index contributed by atoms with van der Waals surface area (Å²) in [6, 6.07) is 19.7. The van der Waals surface area contributed by atoms with Gasteiger partial charge in [-0.3, -0.25) is 5.41 Å². The summed E-state index contributed by atoms with van der Waals surface area (Å²) in [6.45, 7) is 1.64. The van der Waals surface area contributed by atoms with Crippen LogP contribution in [0.5, 0.6) is 0 Å². The van der Waals surface area contributed by atoms with E-state index in [4.69, 9.17) is 5.41 Å². The first-order chi connectivity index (χ1) is 16.4. The van der Waals surface area contributed by atoms with Crippen LogP contribution in [0.4, 0.5) is 13.2 Å². The minimum atomic E-state index is -4.76. The van der Waals surface area contributed by atoms with Gasteiger partial charge in [0.2, 0.25) is 0 Å². The highest BCUT2D eigenvalue weighted by Crippen LogP contribution is 2.33. The molecule has 0 aliphatic heterocycles. The molecular formula is C25H26F3N3O2S2. The Morgan fingerprint density at radius 2 is 1.80 bits per heavy atom. The van der Waals surface area contributed by atoms with Crippen molar-refractivity contribution < 1.29 is 21.6 Å². The van der Waals surface area contributed by atoms with E-state index in [0.29, 0.717) is 35.0 Å². The van der Waals surface area contributed by atoms with Crippen LogP contribution in [-0.2, 0) is 16.4 Å². The van der Waals surface area contributed by atoms with Gasteiger partial charge in [0.25, 0.3) is 0 Å². The average Bonchev–Trinajstić information content (AvgIpc) is 3.28. The van der Waals surface area contributed by atoms with Crippen molar-refractivity contribution in [1.29, 1.82) is 5.41 Å². The summed E-state index contributed by atoms with van der Waals surface area (Å²) in [7, 11) is -1.47. The van der Waals surface area contributed by atoms with E-state index < -0.39 is 21.7 Å². The smallest absolute Gasteiger partial charge is 0.383 e. The molecule has 5 nitrogen and oxygen atoms in total. The van der Waals surface area contributed by atoms with Crippen molar-refractivity contribution in [1.82, 2.24) is 10.2 Å². The van der Waals surface area contributed by atoms with Crippen molar-refractivity contribution in [2.24, 2.45) is 0 Å². The van der Waals surface area contributed by atoms with Gasteiger partial charge in [-0.2, -0.15) is 13.2 Å². The van der Waals surface area contributed by atoms with E-state index >= 15 is 0 Å². The Morgan fingerprint density at radius 3 is 2.46 bits per heavy atom. The summed E-state index contributed by atoms with van der Waals surface area (Å²) in [6.07, 6.45) is -2.85. The number of benzene rings is 2. The molecule has 10 heteroatoms. The van der Waals surface area contributed by atoms with E-state index in [-0.39, 0.29) is 10.6 Å². The molecule has 0 unspecified atom stereocenters. The van der Waals surface area contributed by atoms with E-state index in [9.17, 15) is 21.6 Å². The summed E-state index contributed by atoms with van der Waals surface area (Å²) >= 11 is 1.22. The molecule has 2 N–H and O–H groups in total. The molecule has 1 heterocycles. The SMILES string of the molecule is CN(CCN/C(=C\C(=N)C(F)(F)F)c1ccc(-c2cccc(S(C)(=O)=O)c2)s1)Cc1ccccc1. The highest BCUT2D eigenvalue weighted by atomic mass is 32.2. The van der Waals surface area contributed by atoms with Crippen LogP contribution in [0.2, 0.25) is 0 Å². The molecule has 0 saturated carbocycles. The van der Waals surface area contributed by atoms with Crippen LogP contribution < -0.4 is 5.32 Å². The molecule has 0 spiro atoms. The Balaban J connectivity index is 1.79. The fourth-order valence-electron chi connectivity index (χ4n) is 3.31. The minimum absolute atomic E-state index is 0.166. The predicted molar refractivity (Wildman–Crippen MR) is 135 cm³/mol. The third-order valence-electron chi connectivity index (χ3n) is 5.12. The second-order valence-corrected chi connectivity index (χ2v) is 11.2. The van der Waals surface area contributed by atoms with E-state index in [1.807, 2.05) is 42.3 Å². The van der Waals surface area contributed by atoms with Gasteiger partial charge in [-0.05, 0) is 48.5 Å². The number of rotatable bonds is 10. The highest BCUT2D eigenvalue weighted by Gasteiger charge is 2.33. The van der Waals surface area contributed by atoms with Crippen LogP contribution in [0.3, 0.4) is 0 Å². The molecule has 2 aromatic carbocycles. The van der Waals surface area contributed by atoms with Gasteiger partial charge >= 0.3 is 6.18 Å². The summed E-state index contributed by atoms with van der Waals surface area (Å²) in [4.78, 5) is 3.44. The zero-order chi connectivity index (χ0) is 25.6. The number of nitrogens with one attached hydrogen (secondary N) is 2. The van der Waals surface area contributed by atoms with Gasteiger partial charge < -0.3 is 10.2 Å². The van der Waals surface area contributed by atoms with Gasteiger partial charge in [-0.25, -0.2) is 8.42 Å². The lowest BCUT2D eigenvalue weighted by Gasteiger charge is -2.18. The van der Waals surface area contributed by atoms with Crippen molar-refractivity contribution in [2.75, 3.05) is 26.4 Å². The standard InChI is InChI=1S/C25H26F3N3O2S2/c1-31(17-18-7-4-3-5-8-18)14-13-30-21(16-24(29)25(26,27)28)23-12-11-22(34-23)19-9-6-10-20(15-19)35(2,32)33/h3-12,15-16,29-30H,13-14,17H2,1-2H3/b21-16-,29-24?. The molecule has 0 amide bonds. The second-order valence-electron chi connectivity index (χ2n) is 8.08. The fourth-order valence-corrected chi connectivity index (χ4v) is 4.97. The maximum atomic E-state index is 13.1. The first-order valence-corrected chi connectivity index (χ1v) is 13.4. The molecule has 3 aromatic rings. The molecule has 0 fully saturated rings. The Labute approximate surface area is 207 Å². The first-order valence-electron chi connectivity index (χ1n) is 10.7. The van der Waals surface area contributed by atoms with Gasteiger partial charge in [0.15, 0.2) is 9.84 Å². The van der Waals surface area contributed by atoms with Crippen molar-refractivity contribution in [3.05, 3.63) is 83.2 Å². The molecule has 0 radical (unpaired) electrons. The highest BCUT2D eigenvalue weighted by molar-refractivity contribution is 7.90. The maximum Gasteiger partial charge on any atom is 0.432 e. The third-order valence-corrected chi connectivity index (χ3v) is 7.39. The van der Waals surface area contributed by atoms with Crippen LogP contribution in [0, 0.1) is 5.41 Å². The van der Waals surface area contributed by atoms with Crippen LogP contribution in [0.1, 0.15) is 10.4 Å². The summed E-state index contributed by atoms with van der Waals surface area (Å²) < 4.78 is 63.0. The number of thiophene rings is 1. The summed E-state index contributed by atoms with van der Waals surface area (Å²) in [5.41, 5.74) is 0.517. The molecule has 0 aliphatic carbocycles. The maximum absolute atomic E-state index is 13.1. The Kier molecular flexibility index (Phi) is 8.52. The Morgan fingerprint density at radius 1 is 1.09 bits per heavy atom. The summed E-state index contributed by atoms with van der Waals surface area (Å²) in [5.74, 6) is 0. The van der Waals surface area contributed by atoms with Gasteiger partial charge in [0.1, 0.15) is 5.71 Å². The number of alkyl halides is 3. The number of nitrogens with zero attached hydrogens (tertiary/aromatic N) is 1. The van der Waals surface area contributed by atoms with Gasteiger partial charge in [0, 0.05) is 30.8 Å². The number of hydrogen-bond acceptors (Lipinski definition) is 6. The monoisotopic (exact) mass is 521 g/mol. The lowest BCUT2D eigenvalue weighted by molar-refractivity contribution is -0.0584. The zero-order valence-electron chi connectivity index (χ0n) is 19.3. The molecule has 0 atom stereocenters. The van der Waals surface area contributed by atoms with Crippen LogP contribution in [0.15, 0.2) is 77.7 Å². The molecule has 186 valence electrons. The van der Waals surface area contributed by atoms with Gasteiger partial charge in [-0.1, -0.05) is 42.5 Å². The van der Waals surface area contributed by atoms with Crippen molar-refractivity contribution in [3.8, 4) is 10.4 Å². The van der Waals surface area contributed by atoms with E-state index in [2.05, 4.69) is 5.32 Å². The average molecular weight is 522 g/mol. The first kappa shape index (κ1) is 26.7. The van der Waals surface area contributed by atoms with Crippen LogP contribution in [0.25, 0.3) is 16.1 Å². The number of halogens is 3. The number of allylic oxidation sites excluding steroid dienone is 1. The Hall–Kier alpha value is -2.95. The zero-order valence-corrected chi connectivity index (χ0v) is 20.9. The van der Waals surface area contributed by atoms with Crippen molar-refractivity contribution in [2.45, 2.75) is 17.6 Å². The molecule has 1 aromatic heterocycles. The fraction of sp³-hybridized carbons (Fsp3) is 0.240. The molecular weight excluding hydrogens is 495 g/mol. The molecule has 0 aliphatic rings. The minimum Gasteiger partial charge on any atom is -0.383 e. The normalized spacial score (nSPS) is 12.7. The summed E-state index contributed by atoms with van der Waals surface area (Å²) in [5, 5.41) is 10.5. The predicted octanol–water partition coefficient (Wildman–Crippen LogP) is 5.46. The number of sulfone groups is 1. The third kappa shape index (κ3) is 7.78. The molecule has 0 bridgehead atoms.